The third kappa shape index (κ3) is 10.7. The zero-order valence-electron chi connectivity index (χ0n) is 11.0. The Morgan fingerprint density at radius 1 is 1.31 bits per heavy atom. The summed E-state index contributed by atoms with van der Waals surface area (Å²) in [5.74, 6) is 1.73. The number of hydrogen-bond donors (Lipinski definition) is 2. The van der Waals surface area contributed by atoms with Crippen LogP contribution in [0.5, 0.6) is 0 Å². The van der Waals surface area contributed by atoms with E-state index in [2.05, 4.69) is 32.3 Å². The molecule has 0 saturated carbocycles. The van der Waals surface area contributed by atoms with Gasteiger partial charge in [-0.15, -0.1) is 0 Å². The molecular weight excluding hydrogens is 222 g/mol. The van der Waals surface area contributed by atoms with Crippen LogP contribution in [0, 0.1) is 5.92 Å². The fourth-order valence-electron chi connectivity index (χ4n) is 1.51. The molecular formula is C12H27NO2S. The highest BCUT2D eigenvalue weighted by Gasteiger charge is 2.09. The summed E-state index contributed by atoms with van der Waals surface area (Å²) in [5.41, 5.74) is 0. The Morgan fingerprint density at radius 3 is 2.56 bits per heavy atom. The molecule has 16 heavy (non-hydrogen) atoms. The molecule has 0 saturated heterocycles. The smallest absolute Gasteiger partial charge is 0.0897 e. The first-order valence-corrected chi connectivity index (χ1v) is 7.45. The maximum Gasteiger partial charge on any atom is 0.0897 e. The Bertz CT molecular complexity index is 156. The third-order valence-corrected chi connectivity index (χ3v) is 2.85. The van der Waals surface area contributed by atoms with Crippen molar-refractivity contribution >= 4 is 11.8 Å². The monoisotopic (exact) mass is 249 g/mol. The lowest BCUT2D eigenvalue weighted by Gasteiger charge is -2.18. The number of aliphatic hydroxyl groups excluding tert-OH is 1. The highest BCUT2D eigenvalue weighted by atomic mass is 32.2. The van der Waals surface area contributed by atoms with Crippen molar-refractivity contribution in [3.63, 3.8) is 0 Å². The van der Waals surface area contributed by atoms with Crippen molar-refractivity contribution in [1.29, 1.82) is 0 Å². The van der Waals surface area contributed by atoms with Crippen LogP contribution in [-0.2, 0) is 4.74 Å². The maximum atomic E-state index is 9.64. The molecule has 4 heteroatoms. The molecule has 0 aromatic heterocycles. The van der Waals surface area contributed by atoms with Crippen molar-refractivity contribution in [3.8, 4) is 0 Å². The number of ether oxygens (including phenoxy) is 1. The van der Waals surface area contributed by atoms with E-state index in [0.29, 0.717) is 19.1 Å². The maximum absolute atomic E-state index is 9.64. The number of rotatable bonds is 10. The number of hydrogen-bond acceptors (Lipinski definition) is 4. The normalized spacial score (nSPS) is 15.4. The molecule has 0 bridgehead atoms. The molecule has 0 aromatic rings. The summed E-state index contributed by atoms with van der Waals surface area (Å²) in [4.78, 5) is 0. The number of nitrogens with one attached hydrogen (secondary N) is 1. The second-order valence-electron chi connectivity index (χ2n) is 4.62. The predicted molar refractivity (Wildman–Crippen MR) is 72.1 cm³/mol. The topological polar surface area (TPSA) is 41.5 Å². The summed E-state index contributed by atoms with van der Waals surface area (Å²) in [6.45, 7) is 8.42. The largest absolute Gasteiger partial charge is 0.389 e. The minimum Gasteiger partial charge on any atom is -0.389 e. The first-order valence-electron chi connectivity index (χ1n) is 6.05. The van der Waals surface area contributed by atoms with Crippen LogP contribution in [0.15, 0.2) is 0 Å². The lowest BCUT2D eigenvalue weighted by Crippen LogP contribution is -2.32. The van der Waals surface area contributed by atoms with E-state index in [9.17, 15) is 5.11 Å². The fraction of sp³-hybridized carbons (Fsp3) is 1.00. The summed E-state index contributed by atoms with van der Waals surface area (Å²) in [6.07, 6.45) is 2.97. The van der Waals surface area contributed by atoms with Gasteiger partial charge in [0.05, 0.1) is 18.8 Å². The molecule has 0 aliphatic heterocycles. The molecule has 0 amide bonds. The van der Waals surface area contributed by atoms with Gasteiger partial charge in [0.1, 0.15) is 0 Å². The summed E-state index contributed by atoms with van der Waals surface area (Å²) in [7, 11) is 0. The van der Waals surface area contributed by atoms with E-state index < -0.39 is 6.10 Å². The summed E-state index contributed by atoms with van der Waals surface area (Å²) in [5, 5.41) is 12.8. The molecule has 0 aliphatic rings. The highest BCUT2D eigenvalue weighted by molar-refractivity contribution is 7.98. The van der Waals surface area contributed by atoms with Crippen molar-refractivity contribution in [2.75, 3.05) is 31.7 Å². The molecule has 0 heterocycles. The quantitative estimate of drug-likeness (QED) is 0.579. The van der Waals surface area contributed by atoms with Gasteiger partial charge in [-0.3, -0.25) is 0 Å². The van der Waals surface area contributed by atoms with Gasteiger partial charge in [-0.2, -0.15) is 11.8 Å². The molecule has 0 fully saturated rings. The average molecular weight is 249 g/mol. The van der Waals surface area contributed by atoms with Crippen LogP contribution in [0.4, 0.5) is 0 Å². The predicted octanol–water partition coefficient (Wildman–Crippen LogP) is 1.75. The van der Waals surface area contributed by atoms with Gasteiger partial charge in [0.2, 0.25) is 0 Å². The standard InChI is InChI=1S/C12H27NO2S/c1-10(2)7-11(3)15-9-12(14)8-13-5-6-16-4/h10-14H,5-9H2,1-4H3. The minimum atomic E-state index is -0.392. The first kappa shape index (κ1) is 16.2. The third-order valence-electron chi connectivity index (χ3n) is 2.24. The molecule has 0 rings (SSSR count). The van der Waals surface area contributed by atoms with Crippen molar-refractivity contribution in [3.05, 3.63) is 0 Å². The molecule has 0 radical (unpaired) electrons. The second-order valence-corrected chi connectivity index (χ2v) is 5.61. The number of aliphatic hydroxyl groups is 1. The average Bonchev–Trinajstić information content (AvgIpc) is 2.20. The molecule has 98 valence electrons. The fourth-order valence-corrected chi connectivity index (χ4v) is 1.86. The Balaban J connectivity index is 3.38. The molecule has 0 spiro atoms. The summed E-state index contributed by atoms with van der Waals surface area (Å²) >= 11 is 1.80. The van der Waals surface area contributed by atoms with Gasteiger partial charge in [0, 0.05) is 18.8 Å². The van der Waals surface area contributed by atoms with Gasteiger partial charge in [0.15, 0.2) is 0 Å². The second kappa shape index (κ2) is 10.4. The Morgan fingerprint density at radius 2 is 2.00 bits per heavy atom. The van der Waals surface area contributed by atoms with Gasteiger partial charge in [-0.1, -0.05) is 13.8 Å². The summed E-state index contributed by atoms with van der Waals surface area (Å²) < 4.78 is 5.58. The van der Waals surface area contributed by atoms with Gasteiger partial charge < -0.3 is 15.2 Å². The lowest BCUT2D eigenvalue weighted by molar-refractivity contribution is -0.00829. The highest BCUT2D eigenvalue weighted by Crippen LogP contribution is 2.07. The van der Waals surface area contributed by atoms with Crippen LogP contribution in [0.1, 0.15) is 27.2 Å². The van der Waals surface area contributed by atoms with Gasteiger partial charge >= 0.3 is 0 Å². The van der Waals surface area contributed by atoms with Crippen LogP contribution in [0.2, 0.25) is 0 Å². The molecule has 2 N–H and O–H groups in total. The molecule has 0 aliphatic carbocycles. The van der Waals surface area contributed by atoms with E-state index >= 15 is 0 Å². The van der Waals surface area contributed by atoms with Crippen LogP contribution < -0.4 is 5.32 Å². The van der Waals surface area contributed by atoms with Crippen molar-refractivity contribution in [2.24, 2.45) is 5.92 Å². The Labute approximate surface area is 104 Å². The Hall–Kier alpha value is 0.230. The SMILES string of the molecule is CSCCNCC(O)COC(C)CC(C)C. The van der Waals surface area contributed by atoms with Crippen molar-refractivity contribution in [2.45, 2.75) is 39.4 Å². The number of thioether (sulfide) groups is 1. The van der Waals surface area contributed by atoms with E-state index in [1.165, 1.54) is 0 Å². The van der Waals surface area contributed by atoms with E-state index in [0.717, 1.165) is 18.7 Å². The molecule has 2 unspecified atom stereocenters. The molecule has 2 atom stereocenters. The van der Waals surface area contributed by atoms with E-state index in [-0.39, 0.29) is 6.10 Å². The van der Waals surface area contributed by atoms with E-state index in [1.54, 1.807) is 11.8 Å². The van der Waals surface area contributed by atoms with Gasteiger partial charge in [-0.25, -0.2) is 0 Å². The first-order chi connectivity index (χ1) is 7.56. The van der Waals surface area contributed by atoms with Crippen LogP contribution in [-0.4, -0.2) is 49.0 Å². The molecule has 3 nitrogen and oxygen atoms in total. The minimum absolute atomic E-state index is 0.237. The van der Waals surface area contributed by atoms with Crippen molar-refractivity contribution in [1.82, 2.24) is 5.32 Å². The lowest BCUT2D eigenvalue weighted by atomic mass is 10.1. The van der Waals surface area contributed by atoms with Crippen LogP contribution >= 0.6 is 11.8 Å². The summed E-state index contributed by atoms with van der Waals surface area (Å²) in [6, 6.07) is 0. The molecule has 0 aromatic carbocycles. The van der Waals surface area contributed by atoms with Gasteiger partial charge in [0.25, 0.3) is 0 Å². The zero-order valence-corrected chi connectivity index (χ0v) is 11.8. The Kier molecular flexibility index (Phi) is 10.5. The van der Waals surface area contributed by atoms with Crippen LogP contribution in [0.25, 0.3) is 0 Å². The van der Waals surface area contributed by atoms with E-state index in [4.69, 9.17) is 4.74 Å². The van der Waals surface area contributed by atoms with Crippen molar-refractivity contribution < 1.29 is 9.84 Å². The van der Waals surface area contributed by atoms with Gasteiger partial charge in [-0.05, 0) is 25.5 Å². The zero-order chi connectivity index (χ0) is 12.4. The van der Waals surface area contributed by atoms with E-state index in [1.807, 2.05) is 0 Å². The van der Waals surface area contributed by atoms with Crippen LogP contribution in [0.3, 0.4) is 0 Å².